The number of hydrogen-bond donors (Lipinski definition) is 3. The Morgan fingerprint density at radius 2 is 1.72 bits per heavy atom. The van der Waals surface area contributed by atoms with E-state index < -0.39 is 15.9 Å². The summed E-state index contributed by atoms with van der Waals surface area (Å²) in [5.41, 5.74) is 7.24. The van der Waals surface area contributed by atoms with Crippen LogP contribution < -0.4 is 20.3 Å². The van der Waals surface area contributed by atoms with Gasteiger partial charge in [-0.3, -0.25) is 14.9 Å². The maximum absolute atomic E-state index is 12.7. The minimum atomic E-state index is -3.93. The maximum Gasteiger partial charge on any atom is 0.269 e. The van der Waals surface area contributed by atoms with Gasteiger partial charge in [0.2, 0.25) is 0 Å². The lowest BCUT2D eigenvalue weighted by atomic mass is 10.1. The summed E-state index contributed by atoms with van der Waals surface area (Å²) in [6.45, 7) is 3.89. The highest BCUT2D eigenvalue weighted by Crippen LogP contribution is 2.24. The molecule has 32 heavy (non-hydrogen) atoms. The molecule has 166 valence electrons. The minimum Gasteiger partial charge on any atom is -0.497 e. The van der Waals surface area contributed by atoms with E-state index in [0.29, 0.717) is 12.1 Å². The molecular weight excluding hydrogens is 450 g/mol. The average Bonchev–Trinajstić information content (AvgIpc) is 2.79. The molecule has 0 unspecified atom stereocenters. The number of benzene rings is 3. The van der Waals surface area contributed by atoms with Gasteiger partial charge in [-0.15, -0.1) is 0 Å². The zero-order valence-electron chi connectivity index (χ0n) is 17.3. The number of rotatable bonds is 9. The normalized spacial score (nSPS) is 10.8. The van der Waals surface area contributed by atoms with Crippen molar-refractivity contribution < 1.29 is 17.9 Å². The van der Waals surface area contributed by atoms with Crippen molar-refractivity contribution in [3.63, 3.8) is 0 Å². The van der Waals surface area contributed by atoms with Gasteiger partial charge in [-0.05, 0) is 48.0 Å². The van der Waals surface area contributed by atoms with Gasteiger partial charge in [0.05, 0.1) is 22.7 Å². The van der Waals surface area contributed by atoms with E-state index in [4.69, 9.17) is 16.3 Å². The Bertz CT molecular complexity index is 1230. The lowest BCUT2D eigenvalue weighted by Crippen LogP contribution is -2.37. The Kier molecular flexibility index (Phi) is 7.40. The van der Waals surface area contributed by atoms with E-state index in [2.05, 4.69) is 22.2 Å². The molecule has 3 aromatic carbocycles. The molecule has 0 saturated carbocycles. The molecule has 0 spiro atoms. The lowest BCUT2D eigenvalue weighted by molar-refractivity contribution is 0.0938. The number of methoxy groups -OCH3 is 1. The number of nitrogens with one attached hydrogen (secondary N) is 3. The van der Waals surface area contributed by atoms with Gasteiger partial charge in [0.15, 0.2) is 0 Å². The first-order valence-electron chi connectivity index (χ1n) is 9.53. The van der Waals surface area contributed by atoms with Crippen molar-refractivity contribution in [1.29, 1.82) is 0 Å². The minimum absolute atomic E-state index is 0.0675. The standard InChI is InChI=1S/C23H22ClN3O4S/c1-16(14-17-10-12-19(31-2)13-11-17)25-26-23(28)18-6-5-7-20(15-18)32(29,30)27-22-9-4-3-8-21(22)24/h3-13,15,25,27H,1,14H2,2H3,(H,26,28). The van der Waals surface area contributed by atoms with E-state index in [1.165, 1.54) is 24.3 Å². The molecule has 0 aromatic heterocycles. The molecule has 0 radical (unpaired) electrons. The third-order valence-electron chi connectivity index (χ3n) is 4.45. The average molecular weight is 472 g/mol. The molecule has 0 bridgehead atoms. The summed E-state index contributed by atoms with van der Waals surface area (Å²) in [6.07, 6.45) is 0.487. The number of carbonyl (C=O) groups is 1. The van der Waals surface area contributed by atoms with Crippen molar-refractivity contribution in [3.05, 3.63) is 101 Å². The molecule has 0 saturated heterocycles. The molecule has 0 atom stereocenters. The van der Waals surface area contributed by atoms with Crippen LogP contribution in [0.15, 0.2) is 90.0 Å². The van der Waals surface area contributed by atoms with Gasteiger partial charge in [-0.25, -0.2) is 8.42 Å². The van der Waals surface area contributed by atoms with Crippen LogP contribution in [-0.2, 0) is 16.4 Å². The highest BCUT2D eigenvalue weighted by molar-refractivity contribution is 7.92. The van der Waals surface area contributed by atoms with Gasteiger partial charge >= 0.3 is 0 Å². The number of sulfonamides is 1. The smallest absolute Gasteiger partial charge is 0.269 e. The molecule has 0 fully saturated rings. The molecule has 1 amide bonds. The molecule has 0 aliphatic carbocycles. The monoisotopic (exact) mass is 471 g/mol. The van der Waals surface area contributed by atoms with E-state index >= 15 is 0 Å². The summed E-state index contributed by atoms with van der Waals surface area (Å²) in [5.74, 6) is 0.246. The number of hydrazine groups is 1. The molecule has 3 rings (SSSR count). The first kappa shape index (κ1) is 23.2. The summed E-state index contributed by atoms with van der Waals surface area (Å²) >= 11 is 6.03. The van der Waals surface area contributed by atoms with Crippen molar-refractivity contribution in [2.24, 2.45) is 0 Å². The molecule has 3 aromatic rings. The quantitative estimate of drug-likeness (QED) is 0.407. The van der Waals surface area contributed by atoms with Crippen LogP contribution in [-0.4, -0.2) is 21.4 Å². The van der Waals surface area contributed by atoms with Crippen LogP contribution >= 0.6 is 11.6 Å². The highest BCUT2D eigenvalue weighted by Gasteiger charge is 2.17. The predicted molar refractivity (Wildman–Crippen MR) is 125 cm³/mol. The summed E-state index contributed by atoms with van der Waals surface area (Å²) in [7, 11) is -2.34. The Morgan fingerprint density at radius 1 is 1.00 bits per heavy atom. The summed E-state index contributed by atoms with van der Waals surface area (Å²) in [5, 5.41) is 0.268. The van der Waals surface area contributed by atoms with Gasteiger partial charge in [-0.2, -0.15) is 0 Å². The number of amides is 1. The van der Waals surface area contributed by atoms with Crippen LogP contribution in [0.2, 0.25) is 5.02 Å². The maximum atomic E-state index is 12.7. The SMILES string of the molecule is C=C(Cc1ccc(OC)cc1)NNC(=O)c1cccc(S(=O)(=O)Nc2ccccc2Cl)c1. The second-order valence-electron chi connectivity index (χ2n) is 6.82. The molecule has 9 heteroatoms. The second-order valence-corrected chi connectivity index (χ2v) is 8.91. The van der Waals surface area contributed by atoms with Crippen LogP contribution in [0.1, 0.15) is 15.9 Å². The number of hydrogen-bond acceptors (Lipinski definition) is 5. The fourth-order valence-electron chi connectivity index (χ4n) is 2.80. The molecule has 0 aliphatic rings. The number of allylic oxidation sites excluding steroid dienone is 1. The first-order chi connectivity index (χ1) is 15.3. The van der Waals surface area contributed by atoms with E-state index in [9.17, 15) is 13.2 Å². The van der Waals surface area contributed by atoms with Crippen molar-refractivity contribution >= 4 is 33.2 Å². The Balaban J connectivity index is 1.63. The van der Waals surface area contributed by atoms with E-state index in [0.717, 1.165) is 11.3 Å². The third kappa shape index (κ3) is 6.03. The van der Waals surface area contributed by atoms with Crippen molar-refractivity contribution in [2.45, 2.75) is 11.3 Å². The molecule has 0 aliphatic heterocycles. The lowest BCUT2D eigenvalue weighted by Gasteiger charge is -2.13. The van der Waals surface area contributed by atoms with Crippen LogP contribution in [0.3, 0.4) is 0 Å². The van der Waals surface area contributed by atoms with Crippen molar-refractivity contribution in [2.75, 3.05) is 11.8 Å². The van der Waals surface area contributed by atoms with E-state index in [1.54, 1.807) is 31.4 Å². The molecule has 3 N–H and O–H groups in total. The Hall–Kier alpha value is -3.49. The van der Waals surface area contributed by atoms with Gasteiger partial charge < -0.3 is 10.2 Å². The van der Waals surface area contributed by atoms with Gasteiger partial charge in [0.1, 0.15) is 5.75 Å². The second kappa shape index (κ2) is 10.2. The fourth-order valence-corrected chi connectivity index (χ4v) is 4.17. The van der Waals surface area contributed by atoms with Gasteiger partial charge in [-0.1, -0.05) is 48.5 Å². The Morgan fingerprint density at radius 3 is 2.41 bits per heavy atom. The van der Waals surface area contributed by atoms with E-state index in [1.807, 2.05) is 24.3 Å². The first-order valence-corrected chi connectivity index (χ1v) is 11.4. The number of carbonyl (C=O) groups excluding carboxylic acids is 1. The topological polar surface area (TPSA) is 96.5 Å². The van der Waals surface area contributed by atoms with Crippen LogP contribution in [0.4, 0.5) is 5.69 Å². The van der Waals surface area contributed by atoms with Crippen LogP contribution in [0, 0.1) is 0 Å². The highest BCUT2D eigenvalue weighted by atomic mass is 35.5. The zero-order chi connectivity index (χ0) is 23.1. The number of halogens is 1. The van der Waals surface area contributed by atoms with Crippen molar-refractivity contribution in [1.82, 2.24) is 10.9 Å². The molecule has 0 heterocycles. The fraction of sp³-hybridized carbons (Fsp3) is 0.0870. The summed E-state index contributed by atoms with van der Waals surface area (Å²) in [6, 6.07) is 19.6. The summed E-state index contributed by atoms with van der Waals surface area (Å²) in [4.78, 5) is 12.4. The van der Waals surface area contributed by atoms with Gasteiger partial charge in [0, 0.05) is 17.7 Å². The molecular formula is C23H22ClN3O4S. The van der Waals surface area contributed by atoms with E-state index in [-0.39, 0.29) is 21.2 Å². The van der Waals surface area contributed by atoms with Gasteiger partial charge in [0.25, 0.3) is 15.9 Å². The number of anilines is 1. The zero-order valence-corrected chi connectivity index (χ0v) is 18.8. The number of para-hydroxylation sites is 1. The summed E-state index contributed by atoms with van der Waals surface area (Å²) < 4.78 is 33.0. The third-order valence-corrected chi connectivity index (χ3v) is 6.15. The molecule has 7 nitrogen and oxygen atoms in total. The predicted octanol–water partition coefficient (Wildman–Crippen LogP) is 4.14. The van der Waals surface area contributed by atoms with Crippen LogP contribution in [0.25, 0.3) is 0 Å². The Labute approximate surface area is 192 Å². The van der Waals surface area contributed by atoms with Crippen LogP contribution in [0.5, 0.6) is 5.75 Å². The largest absolute Gasteiger partial charge is 0.497 e. The van der Waals surface area contributed by atoms with Crippen molar-refractivity contribution in [3.8, 4) is 5.75 Å². The number of ether oxygens (including phenoxy) is 1.